The van der Waals surface area contributed by atoms with E-state index in [-0.39, 0.29) is 4.90 Å². The minimum atomic E-state index is -3.55. The lowest BCUT2D eigenvalue weighted by atomic mass is 10.2. The molecule has 1 amide bonds. The molecule has 1 unspecified atom stereocenters. The fourth-order valence-corrected chi connectivity index (χ4v) is 3.42. The quantitative estimate of drug-likeness (QED) is 0.759. The maximum absolute atomic E-state index is 12.2. The molecule has 7 nitrogen and oxygen atoms in total. The van der Waals surface area contributed by atoms with E-state index in [1.54, 1.807) is 11.0 Å². The summed E-state index contributed by atoms with van der Waals surface area (Å²) in [4.78, 5) is 13.4. The van der Waals surface area contributed by atoms with E-state index in [1.807, 2.05) is 0 Å². The van der Waals surface area contributed by atoms with Crippen LogP contribution in [0.25, 0.3) is 0 Å². The van der Waals surface area contributed by atoms with Gasteiger partial charge in [0, 0.05) is 20.6 Å². The number of hydrogen-bond acceptors (Lipinski definition) is 5. The van der Waals surface area contributed by atoms with Gasteiger partial charge in [-0.2, -0.15) is 0 Å². The summed E-state index contributed by atoms with van der Waals surface area (Å²) >= 11 is 0. The van der Waals surface area contributed by atoms with Crippen molar-refractivity contribution in [3.8, 4) is 0 Å². The molecular formula is C13H20N4O3S. The smallest absolute Gasteiger partial charge is 0.242 e. The van der Waals surface area contributed by atoms with E-state index in [1.165, 1.54) is 26.2 Å². The first-order valence-corrected chi connectivity index (χ1v) is 8.07. The summed E-state index contributed by atoms with van der Waals surface area (Å²) in [5.74, 6) is -0.423. The van der Waals surface area contributed by atoms with Crippen molar-refractivity contribution in [1.82, 2.24) is 4.31 Å². The number of nitrogens with zero attached hydrogens (tertiary/aromatic N) is 2. The first kappa shape index (κ1) is 15.6. The highest BCUT2D eigenvalue weighted by molar-refractivity contribution is 7.89. The SMILES string of the molecule is CN(C)S(=O)(=O)c1ccc(N)c(N2CCCC2C(N)=O)c1. The van der Waals surface area contributed by atoms with Gasteiger partial charge in [0.25, 0.3) is 0 Å². The molecule has 1 aliphatic heterocycles. The highest BCUT2D eigenvalue weighted by atomic mass is 32.2. The van der Waals surface area contributed by atoms with Crippen molar-refractivity contribution in [2.75, 3.05) is 31.3 Å². The zero-order valence-electron chi connectivity index (χ0n) is 12.1. The molecule has 2 rings (SSSR count). The number of sulfonamides is 1. The third kappa shape index (κ3) is 2.81. The fourth-order valence-electron chi connectivity index (χ4n) is 2.49. The van der Waals surface area contributed by atoms with Crippen molar-refractivity contribution in [1.29, 1.82) is 0 Å². The lowest BCUT2D eigenvalue weighted by molar-refractivity contribution is -0.119. The standard InChI is InChI=1S/C13H20N4O3S/c1-16(2)21(19,20)9-5-6-10(14)12(8-9)17-7-3-4-11(17)13(15)18/h5-6,8,11H,3-4,7,14H2,1-2H3,(H2,15,18). The van der Waals surface area contributed by atoms with Gasteiger partial charge < -0.3 is 16.4 Å². The molecule has 0 radical (unpaired) electrons. The van der Waals surface area contributed by atoms with Crippen molar-refractivity contribution in [3.63, 3.8) is 0 Å². The topological polar surface area (TPSA) is 110 Å². The second-order valence-corrected chi connectivity index (χ2v) is 7.41. The Balaban J connectivity index is 2.48. The third-order valence-electron chi connectivity index (χ3n) is 3.67. The molecule has 0 aromatic heterocycles. The normalized spacial score (nSPS) is 19.2. The number of carbonyl (C=O) groups is 1. The molecule has 0 saturated carbocycles. The molecule has 0 aliphatic carbocycles. The fraction of sp³-hybridized carbons (Fsp3) is 0.462. The molecule has 1 aromatic carbocycles. The van der Waals surface area contributed by atoms with Crippen LogP contribution in [0.5, 0.6) is 0 Å². The van der Waals surface area contributed by atoms with E-state index < -0.39 is 22.0 Å². The number of primary amides is 1. The minimum Gasteiger partial charge on any atom is -0.397 e. The number of anilines is 2. The summed E-state index contributed by atoms with van der Waals surface area (Å²) in [6.07, 6.45) is 1.47. The number of carbonyl (C=O) groups excluding carboxylic acids is 1. The molecule has 0 bridgehead atoms. The van der Waals surface area contributed by atoms with Crippen LogP contribution >= 0.6 is 0 Å². The van der Waals surface area contributed by atoms with Crippen molar-refractivity contribution in [3.05, 3.63) is 18.2 Å². The number of hydrogen-bond donors (Lipinski definition) is 2. The van der Waals surface area contributed by atoms with Crippen LogP contribution < -0.4 is 16.4 Å². The van der Waals surface area contributed by atoms with Gasteiger partial charge in [0.15, 0.2) is 0 Å². The van der Waals surface area contributed by atoms with Crippen LogP contribution in [-0.2, 0) is 14.8 Å². The van der Waals surface area contributed by atoms with Crippen molar-refractivity contribution in [2.45, 2.75) is 23.8 Å². The van der Waals surface area contributed by atoms with Gasteiger partial charge in [-0.15, -0.1) is 0 Å². The maximum atomic E-state index is 12.2. The molecule has 8 heteroatoms. The zero-order chi connectivity index (χ0) is 15.8. The third-order valence-corrected chi connectivity index (χ3v) is 5.48. The number of nitrogens with two attached hydrogens (primary N) is 2. The van der Waals surface area contributed by atoms with E-state index in [2.05, 4.69) is 0 Å². The van der Waals surface area contributed by atoms with Gasteiger partial charge in [-0.1, -0.05) is 0 Å². The monoisotopic (exact) mass is 312 g/mol. The molecule has 1 fully saturated rings. The summed E-state index contributed by atoms with van der Waals surface area (Å²) in [5, 5.41) is 0. The molecule has 1 heterocycles. The Bertz CT molecular complexity index is 657. The second kappa shape index (κ2) is 5.53. The first-order valence-electron chi connectivity index (χ1n) is 6.63. The van der Waals surface area contributed by atoms with Gasteiger partial charge in [0.05, 0.1) is 16.3 Å². The second-order valence-electron chi connectivity index (χ2n) is 5.26. The minimum absolute atomic E-state index is 0.145. The molecule has 1 atom stereocenters. The number of benzene rings is 1. The summed E-state index contributed by atoms with van der Waals surface area (Å²) in [6, 6.07) is 4.07. The lowest BCUT2D eigenvalue weighted by Gasteiger charge is -2.26. The molecule has 0 spiro atoms. The molecule has 116 valence electrons. The average molecular weight is 312 g/mol. The van der Waals surface area contributed by atoms with Gasteiger partial charge in [-0.05, 0) is 31.0 Å². The molecule has 1 saturated heterocycles. The largest absolute Gasteiger partial charge is 0.397 e. The summed E-state index contributed by atoms with van der Waals surface area (Å²) in [5.41, 5.74) is 12.3. The van der Waals surface area contributed by atoms with Gasteiger partial charge in [0.1, 0.15) is 6.04 Å². The predicted octanol–water partition coefficient (Wildman–Crippen LogP) is -0.0268. The van der Waals surface area contributed by atoms with Crippen LogP contribution in [0.15, 0.2) is 23.1 Å². The Kier molecular flexibility index (Phi) is 4.11. The van der Waals surface area contributed by atoms with Gasteiger partial charge in [-0.25, -0.2) is 12.7 Å². The van der Waals surface area contributed by atoms with Gasteiger partial charge in [0.2, 0.25) is 15.9 Å². The van der Waals surface area contributed by atoms with Crippen LogP contribution in [-0.4, -0.2) is 45.3 Å². The van der Waals surface area contributed by atoms with Crippen molar-refractivity contribution >= 4 is 27.3 Å². The van der Waals surface area contributed by atoms with Crippen molar-refractivity contribution < 1.29 is 13.2 Å². The number of amides is 1. The Morgan fingerprint density at radius 2 is 2.05 bits per heavy atom. The Hall–Kier alpha value is -1.80. The molecule has 1 aromatic rings. The molecular weight excluding hydrogens is 292 g/mol. The zero-order valence-corrected chi connectivity index (χ0v) is 12.9. The van der Waals surface area contributed by atoms with E-state index >= 15 is 0 Å². The Morgan fingerprint density at radius 1 is 1.38 bits per heavy atom. The number of nitrogen functional groups attached to an aromatic ring is 1. The predicted molar refractivity (Wildman–Crippen MR) is 81.3 cm³/mol. The summed E-state index contributed by atoms with van der Waals surface area (Å²) < 4.78 is 25.5. The maximum Gasteiger partial charge on any atom is 0.242 e. The van der Waals surface area contributed by atoms with Crippen LogP contribution in [0.4, 0.5) is 11.4 Å². The van der Waals surface area contributed by atoms with E-state index in [0.29, 0.717) is 24.3 Å². The molecule has 1 aliphatic rings. The van der Waals surface area contributed by atoms with E-state index in [4.69, 9.17) is 11.5 Å². The van der Waals surface area contributed by atoms with E-state index in [0.717, 1.165) is 10.7 Å². The highest BCUT2D eigenvalue weighted by Gasteiger charge is 2.31. The first-order chi connectivity index (χ1) is 9.75. The molecule has 4 N–H and O–H groups in total. The average Bonchev–Trinajstić information content (AvgIpc) is 2.88. The highest BCUT2D eigenvalue weighted by Crippen LogP contribution is 2.32. The Morgan fingerprint density at radius 3 is 2.62 bits per heavy atom. The lowest BCUT2D eigenvalue weighted by Crippen LogP contribution is -2.40. The van der Waals surface area contributed by atoms with E-state index in [9.17, 15) is 13.2 Å². The number of rotatable bonds is 4. The van der Waals surface area contributed by atoms with Crippen LogP contribution in [0.2, 0.25) is 0 Å². The van der Waals surface area contributed by atoms with Crippen LogP contribution in [0.3, 0.4) is 0 Å². The Labute approximate surface area is 124 Å². The summed E-state index contributed by atoms with van der Waals surface area (Å²) in [7, 11) is -0.617. The van der Waals surface area contributed by atoms with Gasteiger partial charge >= 0.3 is 0 Å². The molecule has 21 heavy (non-hydrogen) atoms. The van der Waals surface area contributed by atoms with Gasteiger partial charge in [-0.3, -0.25) is 4.79 Å². The van der Waals surface area contributed by atoms with Crippen molar-refractivity contribution in [2.24, 2.45) is 5.73 Å². The van der Waals surface area contributed by atoms with Crippen LogP contribution in [0.1, 0.15) is 12.8 Å². The van der Waals surface area contributed by atoms with Crippen LogP contribution in [0, 0.1) is 0 Å². The summed E-state index contributed by atoms with van der Waals surface area (Å²) in [6.45, 7) is 0.628.